The van der Waals surface area contributed by atoms with Crippen LogP contribution in [0.2, 0.25) is 0 Å². The zero-order valence-electron chi connectivity index (χ0n) is 10.7. The molecule has 0 saturated carbocycles. The second kappa shape index (κ2) is 6.18. The molecule has 0 aliphatic carbocycles. The summed E-state index contributed by atoms with van der Waals surface area (Å²) in [6, 6.07) is 1.97. The van der Waals surface area contributed by atoms with Crippen molar-refractivity contribution in [3.05, 3.63) is 17.5 Å². The molecule has 0 aromatic carbocycles. The molecule has 1 heterocycles. The van der Waals surface area contributed by atoms with Crippen molar-refractivity contribution in [2.24, 2.45) is 11.7 Å². The maximum atomic E-state index is 7.33. The molecule has 0 aliphatic rings. The van der Waals surface area contributed by atoms with Crippen molar-refractivity contribution in [3.63, 3.8) is 0 Å². The Bertz CT molecular complexity index is 390. The lowest BCUT2D eigenvalue weighted by atomic mass is 10.1. The Morgan fingerprint density at radius 2 is 2.18 bits per heavy atom. The van der Waals surface area contributed by atoms with Gasteiger partial charge in [0.05, 0.1) is 6.61 Å². The van der Waals surface area contributed by atoms with Crippen molar-refractivity contribution in [1.82, 2.24) is 9.97 Å². The number of ether oxygens (including phenoxy) is 1. The predicted molar refractivity (Wildman–Crippen MR) is 67.4 cm³/mol. The molecule has 0 spiro atoms. The Balaban J connectivity index is 2.56. The third kappa shape index (κ3) is 4.80. The van der Waals surface area contributed by atoms with Crippen molar-refractivity contribution in [1.29, 1.82) is 5.41 Å². The fourth-order valence-corrected chi connectivity index (χ4v) is 1.40. The van der Waals surface area contributed by atoms with Crippen LogP contribution in [0.25, 0.3) is 0 Å². The van der Waals surface area contributed by atoms with Crippen molar-refractivity contribution in [2.75, 3.05) is 6.61 Å². The topological polar surface area (TPSA) is 84.9 Å². The number of nitrogens with two attached hydrogens (primary N) is 1. The maximum Gasteiger partial charge on any atom is 0.317 e. The first-order valence-electron chi connectivity index (χ1n) is 5.82. The number of hydrogen-bond donors (Lipinski definition) is 2. The molecule has 5 heteroatoms. The highest BCUT2D eigenvalue weighted by molar-refractivity contribution is 5.93. The zero-order chi connectivity index (χ0) is 12.8. The summed E-state index contributed by atoms with van der Waals surface area (Å²) >= 11 is 0. The first-order chi connectivity index (χ1) is 7.99. The first kappa shape index (κ1) is 13.4. The molecule has 0 radical (unpaired) electrons. The summed E-state index contributed by atoms with van der Waals surface area (Å²) in [4.78, 5) is 8.21. The summed E-state index contributed by atoms with van der Waals surface area (Å²) < 4.78 is 5.45. The molecule has 94 valence electrons. The molecule has 17 heavy (non-hydrogen) atoms. The van der Waals surface area contributed by atoms with Gasteiger partial charge in [-0.15, -0.1) is 0 Å². The van der Waals surface area contributed by atoms with Gasteiger partial charge in [0, 0.05) is 5.69 Å². The highest BCUT2D eigenvalue weighted by Crippen LogP contribution is 2.08. The van der Waals surface area contributed by atoms with Gasteiger partial charge in [0.1, 0.15) is 11.5 Å². The third-order valence-electron chi connectivity index (χ3n) is 2.27. The van der Waals surface area contributed by atoms with Gasteiger partial charge in [-0.3, -0.25) is 5.41 Å². The summed E-state index contributed by atoms with van der Waals surface area (Å²) in [5.41, 5.74) is 6.55. The van der Waals surface area contributed by atoms with Gasteiger partial charge in [0.25, 0.3) is 0 Å². The minimum atomic E-state index is -0.0671. The SMILES string of the molecule is Cc1cc(C(=N)N)nc(OCCCC(C)C)n1. The maximum absolute atomic E-state index is 7.33. The zero-order valence-corrected chi connectivity index (χ0v) is 10.7. The van der Waals surface area contributed by atoms with E-state index in [1.54, 1.807) is 6.07 Å². The molecule has 1 aromatic heterocycles. The van der Waals surface area contributed by atoms with E-state index in [4.69, 9.17) is 15.9 Å². The van der Waals surface area contributed by atoms with E-state index in [0.29, 0.717) is 24.2 Å². The van der Waals surface area contributed by atoms with E-state index in [1.807, 2.05) is 6.92 Å². The van der Waals surface area contributed by atoms with Gasteiger partial charge in [-0.1, -0.05) is 13.8 Å². The van der Waals surface area contributed by atoms with Crippen LogP contribution in [-0.2, 0) is 0 Å². The van der Waals surface area contributed by atoms with Crippen LogP contribution in [0, 0.1) is 18.3 Å². The quantitative estimate of drug-likeness (QED) is 0.448. The molecule has 0 atom stereocenters. The van der Waals surface area contributed by atoms with E-state index in [1.165, 1.54) is 0 Å². The fourth-order valence-electron chi connectivity index (χ4n) is 1.40. The predicted octanol–water partition coefficient (Wildman–Crippen LogP) is 1.88. The van der Waals surface area contributed by atoms with E-state index >= 15 is 0 Å². The van der Waals surface area contributed by atoms with Gasteiger partial charge in [-0.05, 0) is 31.7 Å². The van der Waals surface area contributed by atoms with Crippen LogP contribution in [0.5, 0.6) is 6.01 Å². The van der Waals surface area contributed by atoms with Gasteiger partial charge in [-0.2, -0.15) is 4.98 Å². The molecular weight excluding hydrogens is 216 g/mol. The second-order valence-electron chi connectivity index (χ2n) is 4.48. The molecule has 0 fully saturated rings. The molecule has 0 bridgehead atoms. The van der Waals surface area contributed by atoms with Crippen LogP contribution in [0.3, 0.4) is 0 Å². The Labute approximate surface area is 102 Å². The van der Waals surface area contributed by atoms with E-state index in [9.17, 15) is 0 Å². The molecule has 5 nitrogen and oxygen atoms in total. The highest BCUT2D eigenvalue weighted by Gasteiger charge is 2.05. The van der Waals surface area contributed by atoms with Gasteiger partial charge in [0.15, 0.2) is 0 Å². The lowest BCUT2D eigenvalue weighted by Gasteiger charge is -2.07. The normalized spacial score (nSPS) is 10.6. The Morgan fingerprint density at radius 1 is 1.47 bits per heavy atom. The van der Waals surface area contributed by atoms with Crippen LogP contribution in [0.1, 0.15) is 38.1 Å². The van der Waals surface area contributed by atoms with Crippen LogP contribution >= 0.6 is 0 Å². The average molecular weight is 236 g/mol. The Morgan fingerprint density at radius 3 is 2.76 bits per heavy atom. The number of rotatable bonds is 6. The van der Waals surface area contributed by atoms with Gasteiger partial charge in [-0.25, -0.2) is 4.98 Å². The lowest BCUT2D eigenvalue weighted by Crippen LogP contribution is -2.15. The second-order valence-corrected chi connectivity index (χ2v) is 4.48. The summed E-state index contributed by atoms with van der Waals surface area (Å²) in [5.74, 6) is 0.604. The molecule has 0 saturated heterocycles. The number of nitrogens with zero attached hydrogens (tertiary/aromatic N) is 2. The third-order valence-corrected chi connectivity index (χ3v) is 2.27. The Hall–Kier alpha value is -1.65. The molecular formula is C12H20N4O. The molecule has 1 rings (SSSR count). The summed E-state index contributed by atoms with van der Waals surface area (Å²) in [7, 11) is 0. The van der Waals surface area contributed by atoms with Crippen LogP contribution in [-0.4, -0.2) is 22.4 Å². The van der Waals surface area contributed by atoms with Crippen LogP contribution < -0.4 is 10.5 Å². The Kier molecular flexibility index (Phi) is 4.87. The lowest BCUT2D eigenvalue weighted by molar-refractivity contribution is 0.275. The highest BCUT2D eigenvalue weighted by atomic mass is 16.5. The van der Waals surface area contributed by atoms with E-state index in [-0.39, 0.29) is 5.84 Å². The molecule has 0 amide bonds. The number of hydrogen-bond acceptors (Lipinski definition) is 4. The fraction of sp³-hybridized carbons (Fsp3) is 0.583. The largest absolute Gasteiger partial charge is 0.463 e. The number of nitrogen functional groups attached to an aromatic ring is 1. The van der Waals surface area contributed by atoms with Crippen molar-refractivity contribution < 1.29 is 4.74 Å². The van der Waals surface area contributed by atoms with Crippen molar-refractivity contribution in [3.8, 4) is 6.01 Å². The minimum Gasteiger partial charge on any atom is -0.463 e. The van der Waals surface area contributed by atoms with Crippen molar-refractivity contribution >= 4 is 5.84 Å². The molecule has 0 unspecified atom stereocenters. The number of nitrogens with one attached hydrogen (secondary N) is 1. The van der Waals surface area contributed by atoms with E-state index < -0.39 is 0 Å². The van der Waals surface area contributed by atoms with Gasteiger partial charge in [0.2, 0.25) is 0 Å². The number of aromatic nitrogens is 2. The van der Waals surface area contributed by atoms with Crippen molar-refractivity contribution in [2.45, 2.75) is 33.6 Å². The first-order valence-corrected chi connectivity index (χ1v) is 5.82. The summed E-state index contributed by atoms with van der Waals surface area (Å²) in [5, 5.41) is 7.33. The van der Waals surface area contributed by atoms with E-state index in [0.717, 1.165) is 18.5 Å². The van der Waals surface area contributed by atoms with E-state index in [2.05, 4.69) is 23.8 Å². The molecule has 1 aromatic rings. The van der Waals surface area contributed by atoms with Gasteiger partial charge >= 0.3 is 6.01 Å². The number of aryl methyl sites for hydroxylation is 1. The van der Waals surface area contributed by atoms with Crippen LogP contribution in [0.15, 0.2) is 6.07 Å². The standard InChI is InChI=1S/C12H20N4O/c1-8(2)5-4-6-17-12-15-9(3)7-10(16-12)11(13)14/h7-8H,4-6H2,1-3H3,(H3,13,14). The molecule has 0 aliphatic heterocycles. The number of amidine groups is 1. The monoisotopic (exact) mass is 236 g/mol. The minimum absolute atomic E-state index is 0.0671. The van der Waals surface area contributed by atoms with Crippen LogP contribution in [0.4, 0.5) is 0 Å². The average Bonchev–Trinajstić information content (AvgIpc) is 2.23. The molecule has 3 N–H and O–H groups in total. The summed E-state index contributed by atoms with van der Waals surface area (Å²) in [6.45, 7) is 6.78. The summed E-state index contributed by atoms with van der Waals surface area (Å²) in [6.07, 6.45) is 2.09. The van der Waals surface area contributed by atoms with Gasteiger partial charge < -0.3 is 10.5 Å². The smallest absolute Gasteiger partial charge is 0.317 e.